The molecule has 1 unspecified atom stereocenters. The molecule has 1 fully saturated rings. The molecule has 1 rings (SSSR count). The zero-order chi connectivity index (χ0) is 8.10. The fourth-order valence-corrected chi connectivity index (χ4v) is 0.774. The molecule has 0 aliphatic carbocycles. The molecule has 4 heteroatoms. The van der Waals surface area contributed by atoms with Gasteiger partial charge in [0.25, 0.3) is 0 Å². The van der Waals surface area contributed by atoms with Crippen LogP contribution in [-0.2, 0) is 9.47 Å². The second-order valence-electron chi connectivity index (χ2n) is 2.13. The minimum atomic E-state index is -0.390. The van der Waals surface area contributed by atoms with E-state index in [0.717, 1.165) is 0 Å². The van der Waals surface area contributed by atoms with E-state index in [2.05, 4.69) is 11.2 Å². The number of hydrogen-bond donors (Lipinski definition) is 1. The van der Waals surface area contributed by atoms with Crippen LogP contribution in [0.5, 0.6) is 0 Å². The second kappa shape index (κ2) is 3.84. The molecule has 1 heterocycles. The van der Waals surface area contributed by atoms with E-state index in [1.807, 2.05) is 0 Å². The zero-order valence-electron chi connectivity index (χ0n) is 6.00. The molecule has 0 aromatic rings. The quantitative estimate of drug-likeness (QED) is 0.451. The highest BCUT2D eigenvalue weighted by Crippen LogP contribution is 1.99. The number of nitrogens with one attached hydrogen (secondary N) is 1. The molecule has 0 spiro atoms. The maximum Gasteiger partial charge on any atom is 0.407 e. The lowest BCUT2D eigenvalue weighted by Crippen LogP contribution is -2.20. The third-order valence-corrected chi connectivity index (χ3v) is 1.24. The first kappa shape index (κ1) is 7.89. The largest absolute Gasteiger partial charge is 0.442 e. The van der Waals surface area contributed by atoms with Crippen LogP contribution in [0.3, 0.4) is 0 Å². The van der Waals surface area contributed by atoms with Crippen molar-refractivity contribution >= 4 is 6.09 Å². The summed E-state index contributed by atoms with van der Waals surface area (Å²) in [6.07, 6.45) is 4.37. The molecule has 4 nitrogen and oxygen atoms in total. The van der Waals surface area contributed by atoms with Crippen LogP contribution in [0.15, 0.2) is 0 Å². The molecule has 0 radical (unpaired) electrons. The molecule has 1 atom stereocenters. The summed E-state index contributed by atoms with van der Waals surface area (Å²) in [6.45, 7) is 1.13. The minimum absolute atomic E-state index is 0.184. The topological polar surface area (TPSA) is 47.6 Å². The summed E-state index contributed by atoms with van der Waals surface area (Å²) in [5.41, 5.74) is 0. The summed E-state index contributed by atoms with van der Waals surface area (Å²) in [6, 6.07) is 0. The number of hydrogen-bond acceptors (Lipinski definition) is 3. The maximum atomic E-state index is 10.5. The number of rotatable bonds is 3. The molecule has 1 N–H and O–H groups in total. The van der Waals surface area contributed by atoms with E-state index < -0.39 is 0 Å². The van der Waals surface area contributed by atoms with Crippen LogP contribution in [0.25, 0.3) is 0 Å². The third kappa shape index (κ3) is 2.48. The lowest BCUT2D eigenvalue weighted by atomic mass is 10.4. The number of terminal acetylenes is 1. The van der Waals surface area contributed by atoms with Gasteiger partial charge in [0.1, 0.15) is 12.7 Å². The highest BCUT2D eigenvalue weighted by molar-refractivity contribution is 5.69. The molecule has 1 aliphatic heterocycles. The number of cyclic esters (lactones) is 1. The lowest BCUT2D eigenvalue weighted by molar-refractivity contribution is 0.0598. The molecule has 0 saturated carbocycles. The molecule has 1 aliphatic rings. The first-order valence-electron chi connectivity index (χ1n) is 3.28. The summed E-state index contributed by atoms with van der Waals surface area (Å²) in [4.78, 5) is 10.5. The predicted molar refractivity (Wildman–Crippen MR) is 37.9 cm³/mol. The standard InChI is InChI=1S/C7H9NO3/c1-2-3-10-5-6-4-8-7(9)11-6/h1,6H,3-5H2,(H,8,9). The summed E-state index contributed by atoms with van der Waals surface area (Å²) in [5.74, 6) is 2.32. The average molecular weight is 155 g/mol. The Labute approximate surface area is 64.9 Å². The van der Waals surface area contributed by atoms with Gasteiger partial charge in [-0.2, -0.15) is 0 Å². The van der Waals surface area contributed by atoms with E-state index in [1.54, 1.807) is 0 Å². The first-order valence-corrected chi connectivity index (χ1v) is 3.28. The van der Waals surface area contributed by atoms with E-state index in [0.29, 0.717) is 13.2 Å². The van der Waals surface area contributed by atoms with Crippen molar-refractivity contribution < 1.29 is 14.3 Å². The Kier molecular flexibility index (Phi) is 2.75. The van der Waals surface area contributed by atoms with E-state index in [-0.39, 0.29) is 18.8 Å². The van der Waals surface area contributed by atoms with Crippen LogP contribution in [0.4, 0.5) is 4.79 Å². The van der Waals surface area contributed by atoms with E-state index in [4.69, 9.17) is 15.9 Å². The van der Waals surface area contributed by atoms with Gasteiger partial charge in [-0.25, -0.2) is 4.79 Å². The number of carbonyl (C=O) groups excluding carboxylic acids is 1. The number of carbonyl (C=O) groups is 1. The average Bonchev–Trinajstić information content (AvgIpc) is 2.37. The van der Waals surface area contributed by atoms with Gasteiger partial charge in [0.05, 0.1) is 13.2 Å². The van der Waals surface area contributed by atoms with Gasteiger partial charge < -0.3 is 14.8 Å². The highest BCUT2D eigenvalue weighted by atomic mass is 16.6. The van der Waals surface area contributed by atoms with Crippen molar-refractivity contribution in [2.24, 2.45) is 0 Å². The molecule has 0 aromatic heterocycles. The van der Waals surface area contributed by atoms with Gasteiger partial charge in [0.15, 0.2) is 0 Å². The Balaban J connectivity index is 2.09. The van der Waals surface area contributed by atoms with Gasteiger partial charge >= 0.3 is 6.09 Å². The molecule has 1 amide bonds. The summed E-state index contributed by atoms with van der Waals surface area (Å²) < 4.78 is 9.73. The van der Waals surface area contributed by atoms with Gasteiger partial charge in [0.2, 0.25) is 0 Å². The van der Waals surface area contributed by atoms with Gasteiger partial charge in [-0.1, -0.05) is 5.92 Å². The van der Waals surface area contributed by atoms with Crippen molar-refractivity contribution in [3.8, 4) is 12.3 Å². The van der Waals surface area contributed by atoms with Crippen molar-refractivity contribution in [1.82, 2.24) is 5.32 Å². The highest BCUT2D eigenvalue weighted by Gasteiger charge is 2.21. The predicted octanol–water partition coefficient (Wildman–Crippen LogP) is -0.255. The van der Waals surface area contributed by atoms with Gasteiger partial charge in [-0.05, 0) is 0 Å². The maximum absolute atomic E-state index is 10.5. The Hall–Kier alpha value is -1.21. The Morgan fingerprint density at radius 3 is 3.27 bits per heavy atom. The lowest BCUT2D eigenvalue weighted by Gasteiger charge is -2.05. The van der Waals surface area contributed by atoms with Crippen molar-refractivity contribution in [2.75, 3.05) is 19.8 Å². The third-order valence-electron chi connectivity index (χ3n) is 1.24. The van der Waals surface area contributed by atoms with E-state index >= 15 is 0 Å². The fourth-order valence-electron chi connectivity index (χ4n) is 0.774. The van der Waals surface area contributed by atoms with E-state index in [1.165, 1.54) is 0 Å². The van der Waals surface area contributed by atoms with Crippen molar-refractivity contribution in [3.05, 3.63) is 0 Å². The molecule has 0 bridgehead atoms. The summed E-state index contributed by atoms with van der Waals surface area (Å²) in [7, 11) is 0. The van der Waals surface area contributed by atoms with Crippen LogP contribution < -0.4 is 5.32 Å². The fraction of sp³-hybridized carbons (Fsp3) is 0.571. The normalized spacial score (nSPS) is 22.1. The Morgan fingerprint density at radius 1 is 1.91 bits per heavy atom. The molecule has 11 heavy (non-hydrogen) atoms. The molecule has 1 saturated heterocycles. The van der Waals surface area contributed by atoms with Crippen LogP contribution in [0, 0.1) is 12.3 Å². The van der Waals surface area contributed by atoms with Crippen molar-refractivity contribution in [3.63, 3.8) is 0 Å². The van der Waals surface area contributed by atoms with Crippen molar-refractivity contribution in [2.45, 2.75) is 6.10 Å². The SMILES string of the molecule is C#CCOCC1CNC(=O)O1. The van der Waals surface area contributed by atoms with Crippen LogP contribution in [0.1, 0.15) is 0 Å². The summed E-state index contributed by atoms with van der Waals surface area (Å²) in [5, 5.41) is 2.50. The Bertz CT molecular complexity index is 185. The van der Waals surface area contributed by atoms with Crippen LogP contribution >= 0.6 is 0 Å². The van der Waals surface area contributed by atoms with Gasteiger partial charge in [-0.15, -0.1) is 6.42 Å². The van der Waals surface area contributed by atoms with Crippen LogP contribution in [0.2, 0.25) is 0 Å². The Morgan fingerprint density at radius 2 is 2.73 bits per heavy atom. The molecular weight excluding hydrogens is 146 g/mol. The van der Waals surface area contributed by atoms with E-state index in [9.17, 15) is 4.79 Å². The molecular formula is C7H9NO3. The monoisotopic (exact) mass is 155 g/mol. The number of alkyl carbamates (subject to hydrolysis) is 1. The van der Waals surface area contributed by atoms with Crippen molar-refractivity contribution in [1.29, 1.82) is 0 Å². The number of ether oxygens (including phenoxy) is 2. The zero-order valence-corrected chi connectivity index (χ0v) is 6.00. The second-order valence-corrected chi connectivity index (χ2v) is 2.13. The molecule has 0 aromatic carbocycles. The minimum Gasteiger partial charge on any atom is -0.442 e. The van der Waals surface area contributed by atoms with Gasteiger partial charge in [0, 0.05) is 0 Å². The smallest absolute Gasteiger partial charge is 0.407 e. The summed E-state index contributed by atoms with van der Waals surface area (Å²) >= 11 is 0. The van der Waals surface area contributed by atoms with Crippen LogP contribution in [-0.4, -0.2) is 32.0 Å². The number of amides is 1. The molecule has 60 valence electrons. The first-order chi connectivity index (χ1) is 5.33. The van der Waals surface area contributed by atoms with Gasteiger partial charge in [-0.3, -0.25) is 0 Å².